The molecule has 0 saturated heterocycles. The first kappa shape index (κ1) is 8.82. The van der Waals surface area contributed by atoms with Crippen molar-refractivity contribution in [3.63, 3.8) is 0 Å². The fraction of sp³-hybridized carbons (Fsp3) is 0.636. The van der Waals surface area contributed by atoms with Gasteiger partial charge in [-0.05, 0) is 12.6 Å². The van der Waals surface area contributed by atoms with Gasteiger partial charge in [0.1, 0.15) is 0 Å². The summed E-state index contributed by atoms with van der Waals surface area (Å²) in [5.74, 6) is 0.558. The molecule has 13 heavy (non-hydrogen) atoms. The Kier molecular flexibility index (Phi) is 1.95. The number of hydrogen-bond donors (Lipinski definition) is 0. The predicted octanol–water partition coefficient (Wildman–Crippen LogP) is 1.67. The minimum Gasteiger partial charge on any atom is -0.352 e. The molecule has 2 aliphatic rings. The van der Waals surface area contributed by atoms with Crippen LogP contribution >= 0.6 is 0 Å². The Morgan fingerprint density at radius 3 is 2.77 bits per heavy atom. The second kappa shape index (κ2) is 2.88. The molecule has 0 aromatic carbocycles. The lowest BCUT2D eigenvalue weighted by molar-refractivity contribution is 0.330. The Morgan fingerprint density at radius 1 is 1.38 bits per heavy atom. The van der Waals surface area contributed by atoms with Gasteiger partial charge >= 0.3 is 0 Å². The van der Waals surface area contributed by atoms with Crippen LogP contribution in [0.2, 0.25) is 0 Å². The van der Waals surface area contributed by atoms with Gasteiger partial charge in [-0.15, -0.1) is 0 Å². The summed E-state index contributed by atoms with van der Waals surface area (Å²) >= 11 is 0. The smallest absolute Gasteiger partial charge is 0.0216 e. The van der Waals surface area contributed by atoms with Crippen LogP contribution in [0.5, 0.6) is 0 Å². The van der Waals surface area contributed by atoms with Gasteiger partial charge in [0.15, 0.2) is 0 Å². The number of nitrogens with zero attached hydrogens (tertiary/aromatic N) is 2. The molecule has 2 aliphatic heterocycles. The van der Waals surface area contributed by atoms with Crippen molar-refractivity contribution in [2.45, 2.75) is 13.3 Å². The largest absolute Gasteiger partial charge is 0.352 e. The third-order valence-corrected chi connectivity index (χ3v) is 3.40. The van der Waals surface area contributed by atoms with E-state index in [-0.39, 0.29) is 0 Å². The van der Waals surface area contributed by atoms with Crippen LogP contribution in [0, 0.1) is 5.92 Å². The molecule has 2 rings (SSSR count). The molecule has 1 atom stereocenters. The second-order valence-corrected chi connectivity index (χ2v) is 4.23. The van der Waals surface area contributed by atoms with Gasteiger partial charge in [0.2, 0.25) is 0 Å². The van der Waals surface area contributed by atoms with E-state index < -0.39 is 0 Å². The van der Waals surface area contributed by atoms with Crippen LogP contribution in [0.15, 0.2) is 23.5 Å². The first-order valence-corrected chi connectivity index (χ1v) is 4.94. The summed E-state index contributed by atoms with van der Waals surface area (Å²) < 4.78 is 0. The van der Waals surface area contributed by atoms with Gasteiger partial charge in [-0.3, -0.25) is 0 Å². The van der Waals surface area contributed by atoms with Gasteiger partial charge in [-0.2, -0.15) is 0 Å². The molecule has 0 aromatic heterocycles. The molecular weight excluding hydrogens is 160 g/mol. The van der Waals surface area contributed by atoms with E-state index in [1.54, 1.807) is 5.57 Å². The molecular formula is C11H18N2. The van der Waals surface area contributed by atoms with Crippen molar-refractivity contribution in [1.82, 2.24) is 9.80 Å². The first-order valence-electron chi connectivity index (χ1n) is 4.94. The quantitative estimate of drug-likeness (QED) is 0.557. The first-order chi connectivity index (χ1) is 6.11. The van der Waals surface area contributed by atoms with Crippen molar-refractivity contribution in [2.75, 3.05) is 27.2 Å². The van der Waals surface area contributed by atoms with Gasteiger partial charge < -0.3 is 9.80 Å². The fourth-order valence-electron chi connectivity index (χ4n) is 2.35. The number of likely N-dealkylation sites (N-methyl/N-ethyl adjacent to an activating group) is 1. The normalized spacial score (nSPS) is 29.9. The van der Waals surface area contributed by atoms with Crippen LogP contribution in [0.4, 0.5) is 0 Å². The fourth-order valence-corrected chi connectivity index (χ4v) is 2.35. The van der Waals surface area contributed by atoms with E-state index in [0.717, 1.165) is 6.54 Å². The molecule has 0 saturated carbocycles. The SMILES string of the molecule is C=C1C(C)C2=C(CCN(C)C2)N1C. The van der Waals surface area contributed by atoms with Crippen molar-refractivity contribution in [1.29, 1.82) is 0 Å². The molecule has 1 unspecified atom stereocenters. The summed E-state index contributed by atoms with van der Waals surface area (Å²) in [6, 6.07) is 0. The standard InChI is InChI=1S/C11H18N2/c1-8-9(2)13(4)11-5-6-12(3)7-10(8)11/h8H,2,5-7H2,1,3-4H3. The van der Waals surface area contributed by atoms with Gasteiger partial charge in [0.05, 0.1) is 0 Å². The van der Waals surface area contributed by atoms with Crippen molar-refractivity contribution in [3.05, 3.63) is 23.5 Å². The molecule has 2 nitrogen and oxygen atoms in total. The molecule has 0 spiro atoms. The molecule has 2 heteroatoms. The Labute approximate surface area is 80.5 Å². The lowest BCUT2D eigenvalue weighted by atomic mass is 9.97. The van der Waals surface area contributed by atoms with Crippen LogP contribution in [0.25, 0.3) is 0 Å². The molecule has 0 amide bonds. The van der Waals surface area contributed by atoms with Gasteiger partial charge in [0, 0.05) is 43.9 Å². The average Bonchev–Trinajstić information content (AvgIpc) is 2.32. The highest BCUT2D eigenvalue weighted by Crippen LogP contribution is 2.38. The number of rotatable bonds is 0. The van der Waals surface area contributed by atoms with E-state index in [1.807, 2.05) is 0 Å². The maximum absolute atomic E-state index is 4.13. The molecule has 0 N–H and O–H groups in total. The highest BCUT2D eigenvalue weighted by molar-refractivity contribution is 5.35. The van der Waals surface area contributed by atoms with Gasteiger partial charge in [-0.1, -0.05) is 13.5 Å². The maximum Gasteiger partial charge on any atom is 0.0216 e. The molecule has 0 bridgehead atoms. The number of hydrogen-bond acceptors (Lipinski definition) is 2. The van der Waals surface area contributed by atoms with Crippen LogP contribution < -0.4 is 0 Å². The van der Waals surface area contributed by atoms with E-state index >= 15 is 0 Å². The summed E-state index contributed by atoms with van der Waals surface area (Å²) in [5.41, 5.74) is 4.37. The summed E-state index contributed by atoms with van der Waals surface area (Å²) in [5, 5.41) is 0. The van der Waals surface area contributed by atoms with E-state index in [9.17, 15) is 0 Å². The summed E-state index contributed by atoms with van der Waals surface area (Å²) in [6.45, 7) is 8.70. The Balaban J connectivity index is 2.32. The summed E-state index contributed by atoms with van der Waals surface area (Å²) in [7, 11) is 4.34. The lowest BCUT2D eigenvalue weighted by Gasteiger charge is -2.26. The molecule has 0 aromatic rings. The highest BCUT2D eigenvalue weighted by Gasteiger charge is 2.32. The maximum atomic E-state index is 4.13. The Bertz CT molecular complexity index is 278. The average molecular weight is 178 g/mol. The summed E-state index contributed by atoms with van der Waals surface area (Å²) in [6.07, 6.45) is 1.19. The van der Waals surface area contributed by atoms with Crippen LogP contribution in [0.1, 0.15) is 13.3 Å². The molecule has 0 radical (unpaired) electrons. The van der Waals surface area contributed by atoms with Crippen molar-refractivity contribution < 1.29 is 0 Å². The van der Waals surface area contributed by atoms with E-state index in [1.165, 1.54) is 24.4 Å². The van der Waals surface area contributed by atoms with Crippen LogP contribution in [-0.4, -0.2) is 37.0 Å². The highest BCUT2D eigenvalue weighted by atomic mass is 15.2. The summed E-state index contributed by atoms with van der Waals surface area (Å²) in [4.78, 5) is 4.68. The second-order valence-electron chi connectivity index (χ2n) is 4.23. The third-order valence-electron chi connectivity index (χ3n) is 3.40. The van der Waals surface area contributed by atoms with Crippen LogP contribution in [0.3, 0.4) is 0 Å². The monoisotopic (exact) mass is 178 g/mol. The zero-order valence-corrected chi connectivity index (χ0v) is 8.80. The lowest BCUT2D eigenvalue weighted by Crippen LogP contribution is -2.29. The Morgan fingerprint density at radius 2 is 2.08 bits per heavy atom. The van der Waals surface area contributed by atoms with Crippen molar-refractivity contribution in [3.8, 4) is 0 Å². The van der Waals surface area contributed by atoms with Crippen molar-refractivity contribution in [2.24, 2.45) is 5.92 Å². The topological polar surface area (TPSA) is 6.48 Å². The third kappa shape index (κ3) is 1.20. The number of allylic oxidation sites excluding steroid dienone is 1. The Hall–Kier alpha value is -0.760. The molecule has 72 valence electrons. The van der Waals surface area contributed by atoms with Gasteiger partial charge in [-0.25, -0.2) is 0 Å². The van der Waals surface area contributed by atoms with Crippen molar-refractivity contribution >= 4 is 0 Å². The minimum absolute atomic E-state index is 0.558. The molecule has 0 fully saturated rings. The van der Waals surface area contributed by atoms with Gasteiger partial charge in [0.25, 0.3) is 0 Å². The zero-order chi connectivity index (χ0) is 9.59. The van der Waals surface area contributed by atoms with E-state index in [4.69, 9.17) is 0 Å². The minimum atomic E-state index is 0.558. The van der Waals surface area contributed by atoms with Crippen LogP contribution in [-0.2, 0) is 0 Å². The zero-order valence-electron chi connectivity index (χ0n) is 8.80. The van der Waals surface area contributed by atoms with E-state index in [0.29, 0.717) is 5.92 Å². The predicted molar refractivity (Wildman–Crippen MR) is 55.2 cm³/mol. The van der Waals surface area contributed by atoms with E-state index in [2.05, 4.69) is 37.4 Å². The molecule has 2 heterocycles. The molecule has 0 aliphatic carbocycles.